The third-order valence-electron chi connectivity index (χ3n) is 3.95. The first kappa shape index (κ1) is 19.0. The fourth-order valence-electron chi connectivity index (χ4n) is 2.47. The summed E-state index contributed by atoms with van der Waals surface area (Å²) in [6, 6.07) is 8.42. The van der Waals surface area contributed by atoms with Crippen LogP contribution >= 0.6 is 0 Å². The molecule has 1 unspecified atom stereocenters. The number of hydrogen-bond donors (Lipinski definition) is 1. The van der Waals surface area contributed by atoms with Crippen LogP contribution in [0.3, 0.4) is 0 Å². The van der Waals surface area contributed by atoms with Gasteiger partial charge in [0, 0.05) is 0 Å². The van der Waals surface area contributed by atoms with Crippen LogP contribution in [0.1, 0.15) is 46.1 Å². The molecular weight excluding hydrogens is 322 g/mol. The molecular formula is C19H25NO5. The fraction of sp³-hybridized carbons (Fsp3) is 0.526. The van der Waals surface area contributed by atoms with Crippen molar-refractivity contribution in [3.8, 4) is 0 Å². The average Bonchev–Trinajstić information content (AvgIpc) is 3.33. The van der Waals surface area contributed by atoms with Gasteiger partial charge < -0.3 is 14.8 Å². The van der Waals surface area contributed by atoms with Crippen LogP contribution in [0.15, 0.2) is 30.3 Å². The predicted octanol–water partition coefficient (Wildman–Crippen LogP) is 2.99. The number of amides is 1. The van der Waals surface area contributed by atoms with Gasteiger partial charge in [0.25, 0.3) is 0 Å². The van der Waals surface area contributed by atoms with Crippen molar-refractivity contribution in [3.63, 3.8) is 0 Å². The van der Waals surface area contributed by atoms with Crippen LogP contribution in [-0.2, 0) is 25.7 Å². The molecule has 0 radical (unpaired) electrons. The van der Waals surface area contributed by atoms with Gasteiger partial charge in [0.05, 0.1) is 6.04 Å². The summed E-state index contributed by atoms with van der Waals surface area (Å²) in [4.78, 5) is 36.8. The molecule has 6 heteroatoms. The molecule has 1 saturated carbocycles. The second-order valence-electron chi connectivity index (χ2n) is 7.38. The number of Topliss-reactive ketones (excluding diaryl/α,β-unsaturated/α-hetero) is 1. The molecule has 0 bridgehead atoms. The zero-order valence-electron chi connectivity index (χ0n) is 15.1. The summed E-state index contributed by atoms with van der Waals surface area (Å²) in [5.74, 6) is -0.852. The van der Waals surface area contributed by atoms with Crippen molar-refractivity contribution in [2.75, 3.05) is 0 Å². The molecule has 1 aromatic carbocycles. The fourth-order valence-corrected chi connectivity index (χ4v) is 2.47. The lowest BCUT2D eigenvalue weighted by molar-refractivity contribution is -0.164. The SMILES string of the molecule is CC(NC(=O)OCc1ccccc1)C(=O)C1(C(=O)OC(C)(C)C)CC1. The second kappa shape index (κ2) is 7.25. The van der Waals surface area contributed by atoms with Crippen LogP contribution in [-0.4, -0.2) is 29.5 Å². The van der Waals surface area contributed by atoms with Gasteiger partial charge >= 0.3 is 12.1 Å². The van der Waals surface area contributed by atoms with Gasteiger partial charge in [-0.3, -0.25) is 9.59 Å². The van der Waals surface area contributed by atoms with Crippen LogP contribution in [0.4, 0.5) is 4.79 Å². The van der Waals surface area contributed by atoms with Crippen LogP contribution in [0, 0.1) is 5.41 Å². The van der Waals surface area contributed by atoms with Gasteiger partial charge in [0.2, 0.25) is 0 Å². The highest BCUT2D eigenvalue weighted by molar-refractivity contribution is 6.09. The van der Waals surface area contributed by atoms with E-state index in [1.165, 1.54) is 0 Å². The summed E-state index contributed by atoms with van der Waals surface area (Å²) in [6.07, 6.45) is 0.210. The van der Waals surface area contributed by atoms with E-state index in [1.54, 1.807) is 27.7 Å². The van der Waals surface area contributed by atoms with E-state index < -0.39 is 29.1 Å². The molecule has 0 spiro atoms. The molecule has 0 heterocycles. The van der Waals surface area contributed by atoms with Gasteiger partial charge in [-0.1, -0.05) is 30.3 Å². The smallest absolute Gasteiger partial charge is 0.408 e. The Balaban J connectivity index is 1.87. The monoisotopic (exact) mass is 347 g/mol. The van der Waals surface area contributed by atoms with Crippen LogP contribution in [0.5, 0.6) is 0 Å². The van der Waals surface area contributed by atoms with Crippen LogP contribution in [0.2, 0.25) is 0 Å². The molecule has 0 saturated heterocycles. The Hall–Kier alpha value is -2.37. The van der Waals surface area contributed by atoms with Crippen molar-refractivity contribution in [2.24, 2.45) is 5.41 Å². The summed E-state index contributed by atoms with van der Waals surface area (Å²) in [7, 11) is 0. The molecule has 1 fully saturated rings. The van der Waals surface area contributed by atoms with Gasteiger partial charge in [0.1, 0.15) is 17.6 Å². The Bertz CT molecular complexity index is 644. The number of nitrogens with one attached hydrogen (secondary N) is 1. The number of rotatable bonds is 6. The molecule has 1 aromatic rings. The lowest BCUT2D eigenvalue weighted by Crippen LogP contribution is -2.46. The van der Waals surface area contributed by atoms with Gasteiger partial charge in [-0.25, -0.2) is 4.79 Å². The summed E-state index contributed by atoms with van der Waals surface area (Å²) in [6.45, 7) is 6.94. The number of hydrogen-bond acceptors (Lipinski definition) is 5. The maximum Gasteiger partial charge on any atom is 0.408 e. The molecule has 0 aliphatic heterocycles. The van der Waals surface area contributed by atoms with E-state index in [-0.39, 0.29) is 12.4 Å². The largest absolute Gasteiger partial charge is 0.459 e. The van der Waals surface area contributed by atoms with E-state index in [9.17, 15) is 14.4 Å². The van der Waals surface area contributed by atoms with Gasteiger partial charge in [-0.05, 0) is 46.1 Å². The number of carbonyl (C=O) groups is 3. The maximum atomic E-state index is 12.6. The molecule has 6 nitrogen and oxygen atoms in total. The van der Waals surface area contributed by atoms with E-state index in [2.05, 4.69) is 5.32 Å². The Morgan fingerprint density at radius 2 is 1.76 bits per heavy atom. The molecule has 136 valence electrons. The quantitative estimate of drug-likeness (QED) is 0.632. The molecule has 1 atom stereocenters. The topological polar surface area (TPSA) is 81.7 Å². The lowest BCUT2D eigenvalue weighted by atomic mass is 9.95. The minimum Gasteiger partial charge on any atom is -0.459 e. The van der Waals surface area contributed by atoms with E-state index >= 15 is 0 Å². The normalized spacial score (nSPS) is 16.5. The van der Waals surface area contributed by atoms with E-state index in [0.29, 0.717) is 12.8 Å². The summed E-state index contributed by atoms with van der Waals surface area (Å²) < 4.78 is 10.4. The van der Waals surface area contributed by atoms with Crippen molar-refractivity contribution in [1.82, 2.24) is 5.32 Å². The third-order valence-corrected chi connectivity index (χ3v) is 3.95. The first-order valence-corrected chi connectivity index (χ1v) is 8.39. The lowest BCUT2D eigenvalue weighted by Gasteiger charge is -2.24. The summed E-state index contributed by atoms with van der Waals surface area (Å²) in [5.41, 5.74) is -0.929. The zero-order valence-corrected chi connectivity index (χ0v) is 15.1. The predicted molar refractivity (Wildman–Crippen MR) is 91.7 cm³/mol. The molecule has 1 aliphatic rings. The first-order chi connectivity index (χ1) is 11.6. The van der Waals surface area contributed by atoms with Gasteiger partial charge in [-0.15, -0.1) is 0 Å². The molecule has 0 aromatic heterocycles. The van der Waals surface area contributed by atoms with Gasteiger partial charge in [-0.2, -0.15) is 0 Å². The zero-order chi connectivity index (χ0) is 18.7. The number of carbonyl (C=O) groups excluding carboxylic acids is 3. The molecule has 1 aliphatic carbocycles. The highest BCUT2D eigenvalue weighted by Crippen LogP contribution is 2.49. The number of ether oxygens (including phenoxy) is 2. The minimum atomic E-state index is -1.13. The summed E-state index contributed by atoms with van der Waals surface area (Å²) >= 11 is 0. The van der Waals surface area contributed by atoms with Gasteiger partial charge in [0.15, 0.2) is 5.78 Å². The number of esters is 1. The first-order valence-electron chi connectivity index (χ1n) is 8.39. The number of alkyl carbamates (subject to hydrolysis) is 1. The molecule has 1 N–H and O–H groups in total. The van der Waals surface area contributed by atoms with Crippen LogP contribution < -0.4 is 5.32 Å². The highest BCUT2D eigenvalue weighted by atomic mass is 16.6. The van der Waals surface area contributed by atoms with Crippen molar-refractivity contribution in [3.05, 3.63) is 35.9 Å². The van der Waals surface area contributed by atoms with Crippen LogP contribution in [0.25, 0.3) is 0 Å². The van der Waals surface area contributed by atoms with E-state index in [0.717, 1.165) is 5.56 Å². The third kappa shape index (κ3) is 5.05. The molecule has 2 rings (SSSR count). The number of ketones is 1. The minimum absolute atomic E-state index is 0.116. The molecule has 1 amide bonds. The average molecular weight is 347 g/mol. The maximum absolute atomic E-state index is 12.6. The number of benzene rings is 1. The van der Waals surface area contributed by atoms with E-state index in [4.69, 9.17) is 9.47 Å². The Labute approximate surface area is 147 Å². The Morgan fingerprint density at radius 1 is 1.16 bits per heavy atom. The standard InChI is InChI=1S/C19H25NO5/c1-13(20-17(23)24-12-14-8-6-5-7-9-14)15(21)19(10-11-19)16(22)25-18(2,3)4/h5-9,13H,10-12H2,1-4H3,(H,20,23). The second-order valence-corrected chi connectivity index (χ2v) is 7.38. The highest BCUT2D eigenvalue weighted by Gasteiger charge is 2.59. The summed E-state index contributed by atoms with van der Waals surface area (Å²) in [5, 5.41) is 2.50. The Morgan fingerprint density at radius 3 is 2.28 bits per heavy atom. The molecule has 25 heavy (non-hydrogen) atoms. The van der Waals surface area contributed by atoms with Crippen molar-refractivity contribution in [2.45, 2.75) is 58.8 Å². The van der Waals surface area contributed by atoms with Crippen molar-refractivity contribution < 1.29 is 23.9 Å². The van der Waals surface area contributed by atoms with E-state index in [1.807, 2.05) is 30.3 Å². The Kier molecular flexibility index (Phi) is 5.50. The van der Waals surface area contributed by atoms with Crippen molar-refractivity contribution >= 4 is 17.8 Å². The van der Waals surface area contributed by atoms with Crippen molar-refractivity contribution in [1.29, 1.82) is 0 Å².